The van der Waals surface area contributed by atoms with Gasteiger partial charge in [-0.05, 0) is 11.0 Å². The molecule has 15 heteroatoms. The Balaban J connectivity index is -0.0000000393. The molecule has 14 nitrogen and oxygen atoms in total. The third-order valence-corrected chi connectivity index (χ3v) is 0.368. The Morgan fingerprint density at radius 2 is 0.913 bits per heavy atom. The fraction of sp³-hybridized carbons (Fsp3) is 0.125. The molecular weight excluding hydrogens is 340 g/mol. The van der Waals surface area contributed by atoms with Gasteiger partial charge in [-0.25, -0.2) is 24.0 Å². The molecule has 0 aliphatic carbocycles. The van der Waals surface area contributed by atoms with Gasteiger partial charge in [0.25, 0.3) is 0 Å². The number of primary amides is 4. The Hall–Kier alpha value is -3.49. The predicted molar refractivity (Wildman–Crippen MR) is 82.4 cm³/mol. The van der Waals surface area contributed by atoms with Crippen LogP contribution in [0.1, 0.15) is 0 Å². The number of esters is 1. The molecule has 0 atom stereocenters. The molecule has 0 saturated heterocycles. The first-order chi connectivity index (χ1) is 9.74. The van der Waals surface area contributed by atoms with Crippen molar-refractivity contribution >= 4 is 41.3 Å². The Labute approximate surface area is 134 Å². The maximum atomic E-state index is 9.84. The zero-order valence-corrected chi connectivity index (χ0v) is 11.3. The molecule has 0 aromatic rings. The van der Waals surface area contributed by atoms with E-state index in [0.29, 0.717) is 0 Å². The zero-order valence-electron chi connectivity index (χ0n) is 11.3. The van der Waals surface area contributed by atoms with Crippen LogP contribution in [0.25, 0.3) is 0 Å². The fourth-order valence-corrected chi connectivity index (χ4v) is 0.0833. The van der Waals surface area contributed by atoms with Gasteiger partial charge in [0.2, 0.25) is 0 Å². The molecule has 12 N–H and O–H groups in total. The van der Waals surface area contributed by atoms with Crippen molar-refractivity contribution in [3.05, 3.63) is 12.7 Å². The van der Waals surface area contributed by atoms with Crippen molar-refractivity contribution in [2.45, 2.75) is 0 Å². The van der Waals surface area contributed by atoms with Crippen LogP contribution in [0.3, 0.4) is 0 Å². The highest BCUT2D eigenvalue weighted by molar-refractivity contribution is 5.80. The van der Waals surface area contributed by atoms with Gasteiger partial charge < -0.3 is 48.1 Å². The van der Waals surface area contributed by atoms with Crippen molar-refractivity contribution in [1.29, 1.82) is 0 Å². The number of carboxylic acid groups (broad SMARTS) is 4. The van der Waals surface area contributed by atoms with E-state index in [9.17, 15) is 4.79 Å². The molecule has 0 radical (unpaired) electrons. The maximum absolute atomic E-state index is 9.84. The van der Waals surface area contributed by atoms with Crippen molar-refractivity contribution in [3.63, 3.8) is 0 Å². The van der Waals surface area contributed by atoms with Crippen LogP contribution in [-0.2, 0) is 9.53 Å². The lowest BCUT2D eigenvalue weighted by molar-refractivity contribution is -0.134. The maximum Gasteiger partial charge on any atom is 0.402 e. The molecule has 0 aromatic carbocycles. The van der Waals surface area contributed by atoms with Crippen LogP contribution in [0.2, 0.25) is 0 Å². The summed E-state index contributed by atoms with van der Waals surface area (Å²) in [5.41, 5.74) is 16.1. The van der Waals surface area contributed by atoms with Crippen molar-refractivity contribution in [2.75, 3.05) is 7.11 Å². The second-order valence-electron chi connectivity index (χ2n) is 2.08. The van der Waals surface area contributed by atoms with Gasteiger partial charge in [0.05, 0.1) is 7.11 Å². The monoisotopic (exact) mass is 362 g/mol. The van der Waals surface area contributed by atoms with Crippen LogP contribution in [0.15, 0.2) is 12.7 Å². The van der Waals surface area contributed by atoms with Gasteiger partial charge in [0, 0.05) is 6.08 Å². The summed E-state index contributed by atoms with van der Waals surface area (Å²) in [5.74, 6) is -0.394. The van der Waals surface area contributed by atoms with E-state index in [1.165, 1.54) is 7.11 Å². The molecule has 0 spiro atoms. The summed E-state index contributed by atoms with van der Waals surface area (Å²) >= 11 is 0. The summed E-state index contributed by atoms with van der Waals surface area (Å²) in [6.07, 6.45) is -4.22. The molecule has 138 valence electrons. The van der Waals surface area contributed by atoms with Crippen LogP contribution in [-0.4, -0.2) is 68.8 Å². The van der Waals surface area contributed by atoms with Crippen molar-refractivity contribution in [3.8, 4) is 0 Å². The van der Waals surface area contributed by atoms with Gasteiger partial charge in [-0.2, -0.15) is 0 Å². The average Bonchev–Trinajstić information content (AvgIpc) is 2.24. The molecule has 0 aromatic heterocycles. The Morgan fingerprint density at radius 1 is 0.783 bits per heavy atom. The van der Waals surface area contributed by atoms with Crippen LogP contribution in [0.4, 0.5) is 19.2 Å². The van der Waals surface area contributed by atoms with E-state index < -0.39 is 30.3 Å². The third kappa shape index (κ3) is 19600. The molecule has 0 unspecified atom stereocenters. The zero-order chi connectivity index (χ0) is 19.3. The molecule has 23 heavy (non-hydrogen) atoms. The van der Waals surface area contributed by atoms with Crippen LogP contribution >= 0.6 is 0 Å². The fourth-order valence-electron chi connectivity index (χ4n) is 0.0833. The molecule has 0 heterocycles. The molecule has 0 bridgehead atoms. The SMILES string of the molecule is C=CC(=O)OC.NC(=O)O.NC(=O)O.NC(=O)O.NC(=O)O.[SiH4]. The van der Waals surface area contributed by atoms with Gasteiger partial charge in [-0.1, -0.05) is 6.58 Å². The van der Waals surface area contributed by atoms with Crippen molar-refractivity contribution < 1.29 is 49.1 Å². The number of amides is 4. The summed E-state index contributed by atoms with van der Waals surface area (Å²) in [6.45, 7) is 3.16. The lowest BCUT2D eigenvalue weighted by Gasteiger charge is -1.83. The summed E-state index contributed by atoms with van der Waals surface area (Å²) in [5, 5.41) is 28.8. The largest absolute Gasteiger partial charge is 0.466 e. The van der Waals surface area contributed by atoms with Crippen LogP contribution in [0.5, 0.6) is 0 Å². The number of rotatable bonds is 1. The standard InChI is InChI=1S/C4H6O2.4CH3NO2.H4Si/c1-3-4(5)6-2;4*2-1(3)4;/h3H,1H2,2H3;4*2H2,(H,3,4);1H4. The summed E-state index contributed by atoms with van der Waals surface area (Å²) < 4.78 is 4.14. The van der Waals surface area contributed by atoms with Gasteiger partial charge in [-0.15, -0.1) is 0 Å². The topological polar surface area (TPSA) is 280 Å². The minimum absolute atomic E-state index is 0. The number of carbonyl (C=O) groups is 5. The van der Waals surface area contributed by atoms with Gasteiger partial charge >= 0.3 is 30.3 Å². The summed E-state index contributed by atoms with van der Waals surface area (Å²) in [6, 6.07) is 0. The quantitative estimate of drug-likeness (QED) is 0.136. The van der Waals surface area contributed by atoms with E-state index >= 15 is 0 Å². The number of nitrogens with two attached hydrogens (primary N) is 4. The van der Waals surface area contributed by atoms with Crippen molar-refractivity contribution in [2.24, 2.45) is 22.9 Å². The van der Waals surface area contributed by atoms with E-state index in [0.717, 1.165) is 6.08 Å². The van der Waals surface area contributed by atoms with E-state index in [1.807, 2.05) is 0 Å². The molecule has 4 amide bonds. The average molecular weight is 362 g/mol. The Bertz CT molecular complexity index is 299. The van der Waals surface area contributed by atoms with E-state index in [4.69, 9.17) is 39.6 Å². The number of carbonyl (C=O) groups excluding carboxylic acids is 1. The molecule has 0 fully saturated rings. The van der Waals surface area contributed by atoms with Crippen molar-refractivity contribution in [1.82, 2.24) is 0 Å². The lowest BCUT2D eigenvalue weighted by Crippen LogP contribution is -2.03. The highest BCUT2D eigenvalue weighted by Crippen LogP contribution is 1.67. The van der Waals surface area contributed by atoms with Crippen LogP contribution in [0, 0.1) is 0 Å². The minimum Gasteiger partial charge on any atom is -0.466 e. The first-order valence-corrected chi connectivity index (χ1v) is 4.38. The molecule has 0 aliphatic heterocycles. The molecule has 0 saturated carbocycles. The smallest absolute Gasteiger partial charge is 0.402 e. The molecule has 0 rings (SSSR count). The predicted octanol–water partition coefficient (Wildman–Crippen LogP) is -2.61. The molecule has 0 aliphatic rings. The van der Waals surface area contributed by atoms with Gasteiger partial charge in [0.1, 0.15) is 0 Å². The second-order valence-corrected chi connectivity index (χ2v) is 2.08. The Morgan fingerprint density at radius 3 is 0.913 bits per heavy atom. The second kappa shape index (κ2) is 31.1. The third-order valence-electron chi connectivity index (χ3n) is 0.368. The number of ether oxygens (including phenoxy) is 1. The summed E-state index contributed by atoms with van der Waals surface area (Å²) in [7, 11) is 1.31. The lowest BCUT2D eigenvalue weighted by atomic mass is 10.7. The highest BCUT2D eigenvalue weighted by Gasteiger charge is 1.81. The first-order valence-electron chi connectivity index (χ1n) is 4.38. The van der Waals surface area contributed by atoms with Gasteiger partial charge in [0.15, 0.2) is 0 Å². The number of hydrogen-bond acceptors (Lipinski definition) is 6. The number of methoxy groups -OCH3 is 1. The van der Waals surface area contributed by atoms with Crippen LogP contribution < -0.4 is 22.9 Å². The normalized spacial score (nSPS) is 5.96. The van der Waals surface area contributed by atoms with E-state index in [1.54, 1.807) is 0 Å². The van der Waals surface area contributed by atoms with E-state index in [2.05, 4.69) is 34.3 Å². The minimum atomic E-state index is -1.33. The number of hydrogen-bond donors (Lipinski definition) is 8. The summed E-state index contributed by atoms with van der Waals surface area (Å²) in [4.78, 5) is 45.0. The Kier molecular flexibility index (Phi) is 49.5. The first kappa shape index (κ1) is 36.6. The molecular formula is C8H22N4O10Si. The van der Waals surface area contributed by atoms with E-state index in [-0.39, 0.29) is 11.0 Å². The highest BCUT2D eigenvalue weighted by atomic mass is 28.1. The van der Waals surface area contributed by atoms with Gasteiger partial charge in [-0.3, -0.25) is 0 Å².